The Labute approximate surface area is 190 Å². The number of likely N-dealkylation sites (tertiary alicyclic amines) is 1. The van der Waals surface area contributed by atoms with E-state index in [4.69, 9.17) is 9.47 Å². The van der Waals surface area contributed by atoms with Crippen LogP contribution in [0.25, 0.3) is 0 Å². The first-order valence-electron chi connectivity index (χ1n) is 10.9. The predicted molar refractivity (Wildman–Crippen MR) is 122 cm³/mol. The third-order valence-electron chi connectivity index (χ3n) is 6.01. The molecule has 1 amide bonds. The van der Waals surface area contributed by atoms with Gasteiger partial charge in [-0.25, -0.2) is 4.39 Å². The van der Waals surface area contributed by atoms with Gasteiger partial charge in [0.15, 0.2) is 11.5 Å². The molecule has 0 bridgehead atoms. The monoisotopic (exact) mass is 452 g/mol. The molecule has 1 saturated heterocycles. The van der Waals surface area contributed by atoms with Crippen LogP contribution in [-0.2, 0) is 4.79 Å². The molecule has 2 aromatic carbocycles. The molecule has 2 unspecified atom stereocenters. The summed E-state index contributed by atoms with van der Waals surface area (Å²) in [5.74, 6) is 1.30. The number of thiophene rings is 1. The van der Waals surface area contributed by atoms with E-state index in [9.17, 15) is 9.18 Å². The number of nitrogens with one attached hydrogen (secondary N) is 1. The summed E-state index contributed by atoms with van der Waals surface area (Å²) < 4.78 is 24.8. The van der Waals surface area contributed by atoms with Crippen molar-refractivity contribution in [2.45, 2.75) is 24.9 Å². The highest BCUT2D eigenvalue weighted by molar-refractivity contribution is 7.10. The van der Waals surface area contributed by atoms with Crippen molar-refractivity contribution in [3.05, 3.63) is 81.8 Å². The average Bonchev–Trinajstić information content (AvgIpc) is 3.52. The van der Waals surface area contributed by atoms with E-state index in [1.54, 1.807) is 23.5 Å². The molecule has 5 nitrogen and oxygen atoms in total. The third-order valence-corrected chi connectivity index (χ3v) is 6.95. The molecule has 0 aliphatic carbocycles. The first-order valence-corrected chi connectivity index (χ1v) is 11.8. The zero-order valence-corrected chi connectivity index (χ0v) is 18.4. The molecule has 2 aliphatic rings. The number of ether oxygens (including phenoxy) is 2. The number of hydrogen-bond acceptors (Lipinski definition) is 5. The van der Waals surface area contributed by atoms with Crippen LogP contribution in [0, 0.1) is 5.82 Å². The van der Waals surface area contributed by atoms with Crippen LogP contribution in [0.1, 0.15) is 40.9 Å². The van der Waals surface area contributed by atoms with Crippen molar-refractivity contribution < 1.29 is 18.7 Å². The van der Waals surface area contributed by atoms with E-state index < -0.39 is 0 Å². The molecule has 1 aromatic heterocycles. The Bertz CT molecular complexity index is 1070. The Kier molecular flexibility index (Phi) is 6.10. The van der Waals surface area contributed by atoms with Crippen molar-refractivity contribution in [3.8, 4) is 11.5 Å². The molecule has 2 atom stereocenters. The van der Waals surface area contributed by atoms with Gasteiger partial charge >= 0.3 is 0 Å². The summed E-state index contributed by atoms with van der Waals surface area (Å²) >= 11 is 1.62. The first kappa shape index (κ1) is 21.0. The number of amides is 1. The predicted octanol–water partition coefficient (Wildman–Crippen LogP) is 4.70. The molecule has 1 fully saturated rings. The highest BCUT2D eigenvalue weighted by Gasteiger charge is 2.31. The number of carbonyl (C=O) groups excluding carboxylic acids is 1. The molecule has 0 saturated carbocycles. The Morgan fingerprint density at radius 2 is 1.94 bits per heavy atom. The van der Waals surface area contributed by atoms with Crippen molar-refractivity contribution >= 4 is 17.2 Å². The van der Waals surface area contributed by atoms with E-state index >= 15 is 0 Å². The largest absolute Gasteiger partial charge is 0.486 e. The maximum Gasteiger partial charge on any atom is 0.237 e. The Morgan fingerprint density at radius 1 is 1.12 bits per heavy atom. The summed E-state index contributed by atoms with van der Waals surface area (Å²) in [5.41, 5.74) is 2.01. The molecular formula is C25H25FN2O3S. The molecule has 7 heteroatoms. The van der Waals surface area contributed by atoms with Crippen LogP contribution >= 0.6 is 11.3 Å². The topological polar surface area (TPSA) is 50.8 Å². The number of carbonyl (C=O) groups is 1. The van der Waals surface area contributed by atoms with E-state index in [1.165, 1.54) is 12.1 Å². The van der Waals surface area contributed by atoms with Gasteiger partial charge in [-0.3, -0.25) is 10.1 Å². The molecule has 0 radical (unpaired) electrons. The molecule has 3 aromatic rings. The van der Waals surface area contributed by atoms with Crippen molar-refractivity contribution in [2.75, 3.05) is 26.3 Å². The number of halogens is 1. The number of fused-ring (bicyclic) bond motifs is 1. The van der Waals surface area contributed by atoms with Gasteiger partial charge in [-0.2, -0.15) is 0 Å². The lowest BCUT2D eigenvalue weighted by Gasteiger charge is -2.28. The SMILES string of the molecule is O=C(CNC(c1ccc(F)cc1)c1cccs1)N1CCCC1c1ccc2c(c1)OCCO2. The van der Waals surface area contributed by atoms with Crippen LogP contribution in [-0.4, -0.2) is 37.1 Å². The van der Waals surface area contributed by atoms with Gasteiger partial charge in [-0.05, 0) is 59.7 Å². The van der Waals surface area contributed by atoms with Crippen LogP contribution in [0.4, 0.5) is 4.39 Å². The van der Waals surface area contributed by atoms with Crippen LogP contribution in [0.2, 0.25) is 0 Å². The fourth-order valence-electron chi connectivity index (χ4n) is 4.46. The maximum atomic E-state index is 13.4. The summed E-state index contributed by atoms with van der Waals surface area (Å²) in [7, 11) is 0. The van der Waals surface area contributed by atoms with Gasteiger partial charge in [0.05, 0.1) is 18.6 Å². The van der Waals surface area contributed by atoms with Crippen molar-refractivity contribution in [1.29, 1.82) is 0 Å². The summed E-state index contributed by atoms with van der Waals surface area (Å²) in [6.07, 6.45) is 1.90. The number of rotatable bonds is 6. The fraction of sp³-hybridized carbons (Fsp3) is 0.320. The van der Waals surface area contributed by atoms with Gasteiger partial charge in [0.2, 0.25) is 5.91 Å². The fourth-order valence-corrected chi connectivity index (χ4v) is 5.29. The van der Waals surface area contributed by atoms with Crippen molar-refractivity contribution in [2.24, 2.45) is 0 Å². The minimum Gasteiger partial charge on any atom is -0.486 e. The highest BCUT2D eigenvalue weighted by atomic mass is 32.1. The second-order valence-corrected chi connectivity index (χ2v) is 9.01. The second-order valence-electron chi connectivity index (χ2n) is 8.03. The van der Waals surface area contributed by atoms with Crippen molar-refractivity contribution in [3.63, 3.8) is 0 Å². The maximum absolute atomic E-state index is 13.4. The molecule has 2 aliphatic heterocycles. The van der Waals surface area contributed by atoms with Gasteiger partial charge in [0.25, 0.3) is 0 Å². The summed E-state index contributed by atoms with van der Waals surface area (Å²) in [6.45, 7) is 2.05. The molecule has 166 valence electrons. The molecule has 5 rings (SSSR count). The average molecular weight is 453 g/mol. The first-order chi connectivity index (χ1) is 15.7. The molecule has 1 N–H and O–H groups in total. The number of nitrogens with zero attached hydrogens (tertiary/aromatic N) is 1. The molecular weight excluding hydrogens is 427 g/mol. The summed E-state index contributed by atoms with van der Waals surface area (Å²) in [4.78, 5) is 16.3. The smallest absolute Gasteiger partial charge is 0.237 e. The van der Waals surface area contributed by atoms with Gasteiger partial charge in [0.1, 0.15) is 19.0 Å². The van der Waals surface area contributed by atoms with Crippen LogP contribution in [0.3, 0.4) is 0 Å². The van der Waals surface area contributed by atoms with E-state index in [0.717, 1.165) is 46.9 Å². The summed E-state index contributed by atoms with van der Waals surface area (Å²) in [6, 6.07) is 16.3. The Morgan fingerprint density at radius 3 is 2.72 bits per heavy atom. The Balaban J connectivity index is 1.30. The molecule has 3 heterocycles. The third kappa shape index (κ3) is 4.36. The number of hydrogen-bond donors (Lipinski definition) is 1. The van der Waals surface area contributed by atoms with Gasteiger partial charge in [-0.1, -0.05) is 24.3 Å². The van der Waals surface area contributed by atoms with Gasteiger partial charge in [-0.15, -0.1) is 11.3 Å². The zero-order valence-electron chi connectivity index (χ0n) is 17.6. The van der Waals surface area contributed by atoms with Gasteiger partial charge < -0.3 is 14.4 Å². The van der Waals surface area contributed by atoms with E-state index in [-0.39, 0.29) is 30.4 Å². The highest BCUT2D eigenvalue weighted by Crippen LogP contribution is 2.38. The van der Waals surface area contributed by atoms with Crippen LogP contribution < -0.4 is 14.8 Å². The lowest BCUT2D eigenvalue weighted by molar-refractivity contribution is -0.131. The van der Waals surface area contributed by atoms with E-state index in [0.29, 0.717) is 13.2 Å². The van der Waals surface area contributed by atoms with Gasteiger partial charge in [0, 0.05) is 11.4 Å². The van der Waals surface area contributed by atoms with Crippen LogP contribution in [0.5, 0.6) is 11.5 Å². The minimum atomic E-state index is -0.269. The number of benzene rings is 2. The standard InChI is InChI=1S/C25H25FN2O3S/c26-19-8-5-17(6-9-19)25(23-4-2-14-32-23)27-16-24(29)28-11-1-3-20(28)18-7-10-21-22(15-18)31-13-12-30-21/h2,4-10,14-15,20,25,27H,1,3,11-13,16H2. The molecule has 32 heavy (non-hydrogen) atoms. The lowest BCUT2D eigenvalue weighted by Crippen LogP contribution is -2.39. The minimum absolute atomic E-state index is 0.0335. The van der Waals surface area contributed by atoms with Crippen LogP contribution in [0.15, 0.2) is 60.0 Å². The zero-order chi connectivity index (χ0) is 21.9. The second kappa shape index (κ2) is 9.30. The molecule has 0 spiro atoms. The summed E-state index contributed by atoms with van der Waals surface area (Å²) in [5, 5.41) is 5.42. The normalized spacial score (nSPS) is 18.5. The van der Waals surface area contributed by atoms with Crippen molar-refractivity contribution in [1.82, 2.24) is 10.2 Å². The van der Waals surface area contributed by atoms with E-state index in [1.807, 2.05) is 40.6 Å². The lowest BCUT2D eigenvalue weighted by atomic mass is 10.0. The Hall–Kier alpha value is -2.90. The quantitative estimate of drug-likeness (QED) is 0.589. The van der Waals surface area contributed by atoms with E-state index in [2.05, 4.69) is 5.32 Å².